The maximum absolute atomic E-state index is 5.71. The Kier molecular flexibility index (Phi) is 3.19. The monoisotopic (exact) mass is 250 g/mol. The summed E-state index contributed by atoms with van der Waals surface area (Å²) >= 11 is 1.46. The summed E-state index contributed by atoms with van der Waals surface area (Å²) in [5.74, 6) is 1.52. The smallest absolute Gasteiger partial charge is 0.180 e. The van der Waals surface area contributed by atoms with Crippen molar-refractivity contribution in [3.05, 3.63) is 23.9 Å². The van der Waals surface area contributed by atoms with E-state index in [4.69, 9.17) is 15.2 Å². The lowest BCUT2D eigenvalue weighted by Crippen LogP contribution is -1.90. The van der Waals surface area contributed by atoms with Crippen LogP contribution in [-0.4, -0.2) is 19.2 Å². The Labute approximate surface area is 104 Å². The van der Waals surface area contributed by atoms with Crippen molar-refractivity contribution in [2.45, 2.75) is 6.92 Å². The Morgan fingerprint density at radius 1 is 1.24 bits per heavy atom. The molecular weight excluding hydrogens is 236 g/mol. The number of hydrogen-bond donors (Lipinski definition) is 1. The Bertz CT molecular complexity index is 537. The maximum atomic E-state index is 5.71. The van der Waals surface area contributed by atoms with E-state index in [2.05, 4.69) is 4.98 Å². The quantitative estimate of drug-likeness (QED) is 0.910. The van der Waals surface area contributed by atoms with Gasteiger partial charge in [-0.1, -0.05) is 11.3 Å². The molecule has 0 bridgehead atoms. The first-order chi connectivity index (χ1) is 8.15. The molecule has 2 rings (SSSR count). The molecule has 0 saturated heterocycles. The predicted octanol–water partition coefficient (Wildman–Crippen LogP) is 2.72. The molecule has 0 aliphatic heterocycles. The van der Waals surface area contributed by atoms with Crippen LogP contribution in [0, 0.1) is 6.92 Å². The third kappa shape index (κ3) is 2.19. The average molecular weight is 250 g/mol. The van der Waals surface area contributed by atoms with Crippen LogP contribution in [0.4, 0.5) is 5.13 Å². The molecular formula is C12H14N2O2S. The van der Waals surface area contributed by atoms with E-state index in [0.29, 0.717) is 5.13 Å². The normalized spacial score (nSPS) is 10.3. The standard InChI is InChI=1S/C12H14N2O2S/c1-7-11(17-12(13)14-7)9-5-4-8(15-2)6-10(9)16-3/h4-6H,1-3H3,(H2,13,14). The molecule has 17 heavy (non-hydrogen) atoms. The molecule has 0 saturated carbocycles. The average Bonchev–Trinajstić information content (AvgIpc) is 2.67. The van der Waals surface area contributed by atoms with E-state index in [0.717, 1.165) is 27.6 Å². The van der Waals surface area contributed by atoms with E-state index in [1.54, 1.807) is 14.2 Å². The number of nitrogens with two attached hydrogens (primary N) is 1. The molecule has 0 unspecified atom stereocenters. The summed E-state index contributed by atoms with van der Waals surface area (Å²) < 4.78 is 10.5. The Hall–Kier alpha value is -1.75. The molecule has 0 fully saturated rings. The van der Waals surface area contributed by atoms with Crippen molar-refractivity contribution in [3.8, 4) is 21.9 Å². The number of benzene rings is 1. The van der Waals surface area contributed by atoms with Gasteiger partial charge in [0.1, 0.15) is 11.5 Å². The first-order valence-corrected chi connectivity index (χ1v) is 5.92. The van der Waals surface area contributed by atoms with E-state index in [1.807, 2.05) is 25.1 Å². The molecule has 90 valence electrons. The van der Waals surface area contributed by atoms with E-state index in [-0.39, 0.29) is 0 Å². The minimum Gasteiger partial charge on any atom is -0.497 e. The molecule has 0 aliphatic rings. The van der Waals surface area contributed by atoms with Gasteiger partial charge < -0.3 is 15.2 Å². The first-order valence-electron chi connectivity index (χ1n) is 5.11. The van der Waals surface area contributed by atoms with Crippen LogP contribution in [0.25, 0.3) is 10.4 Å². The van der Waals surface area contributed by atoms with Crippen molar-refractivity contribution in [2.24, 2.45) is 0 Å². The zero-order valence-corrected chi connectivity index (χ0v) is 10.8. The van der Waals surface area contributed by atoms with Crippen molar-refractivity contribution in [1.29, 1.82) is 0 Å². The van der Waals surface area contributed by atoms with Crippen LogP contribution in [0.5, 0.6) is 11.5 Å². The molecule has 1 aromatic carbocycles. The minimum absolute atomic E-state index is 0.565. The van der Waals surface area contributed by atoms with Crippen molar-refractivity contribution in [2.75, 3.05) is 20.0 Å². The zero-order chi connectivity index (χ0) is 12.4. The van der Waals surface area contributed by atoms with Gasteiger partial charge in [0.05, 0.1) is 24.8 Å². The van der Waals surface area contributed by atoms with Crippen LogP contribution in [0.3, 0.4) is 0 Å². The molecule has 0 amide bonds. The van der Waals surface area contributed by atoms with Crippen LogP contribution in [0.2, 0.25) is 0 Å². The zero-order valence-electron chi connectivity index (χ0n) is 9.98. The van der Waals surface area contributed by atoms with Gasteiger partial charge in [-0.2, -0.15) is 0 Å². The topological polar surface area (TPSA) is 57.4 Å². The molecule has 0 spiro atoms. The van der Waals surface area contributed by atoms with Crippen molar-refractivity contribution in [1.82, 2.24) is 4.98 Å². The second kappa shape index (κ2) is 4.63. The van der Waals surface area contributed by atoms with Crippen LogP contribution < -0.4 is 15.2 Å². The molecule has 0 atom stereocenters. The molecule has 0 radical (unpaired) electrons. The summed E-state index contributed by atoms with van der Waals surface area (Å²) in [5, 5.41) is 0.565. The molecule has 2 aromatic rings. The lowest BCUT2D eigenvalue weighted by Gasteiger charge is -2.09. The summed E-state index contributed by atoms with van der Waals surface area (Å²) in [7, 11) is 3.27. The number of methoxy groups -OCH3 is 2. The van der Waals surface area contributed by atoms with E-state index in [9.17, 15) is 0 Å². The number of nitrogens with zero attached hydrogens (tertiary/aromatic N) is 1. The van der Waals surface area contributed by atoms with Gasteiger partial charge in [0.2, 0.25) is 0 Å². The fourth-order valence-corrected chi connectivity index (χ4v) is 2.52. The summed E-state index contributed by atoms with van der Waals surface area (Å²) in [4.78, 5) is 5.24. The lowest BCUT2D eigenvalue weighted by molar-refractivity contribution is 0.395. The van der Waals surface area contributed by atoms with E-state index in [1.165, 1.54) is 11.3 Å². The Morgan fingerprint density at radius 3 is 2.53 bits per heavy atom. The van der Waals surface area contributed by atoms with Gasteiger partial charge in [-0.25, -0.2) is 4.98 Å². The van der Waals surface area contributed by atoms with E-state index >= 15 is 0 Å². The Morgan fingerprint density at radius 2 is 2.00 bits per heavy atom. The second-order valence-electron chi connectivity index (χ2n) is 3.53. The highest BCUT2D eigenvalue weighted by atomic mass is 32.1. The number of nitrogen functional groups attached to an aromatic ring is 1. The van der Waals surface area contributed by atoms with Crippen LogP contribution in [0.1, 0.15) is 5.69 Å². The summed E-state index contributed by atoms with van der Waals surface area (Å²) in [6.45, 7) is 1.94. The van der Waals surface area contributed by atoms with Gasteiger partial charge in [-0.3, -0.25) is 0 Å². The van der Waals surface area contributed by atoms with Crippen LogP contribution in [-0.2, 0) is 0 Å². The van der Waals surface area contributed by atoms with Gasteiger partial charge in [-0.05, 0) is 19.1 Å². The fourth-order valence-electron chi connectivity index (χ4n) is 1.65. The highest BCUT2D eigenvalue weighted by molar-refractivity contribution is 7.18. The molecule has 5 heteroatoms. The largest absolute Gasteiger partial charge is 0.497 e. The third-order valence-electron chi connectivity index (χ3n) is 2.47. The molecule has 2 N–H and O–H groups in total. The lowest BCUT2D eigenvalue weighted by atomic mass is 10.1. The van der Waals surface area contributed by atoms with Gasteiger partial charge in [-0.15, -0.1) is 0 Å². The second-order valence-corrected chi connectivity index (χ2v) is 4.56. The number of aromatic nitrogens is 1. The minimum atomic E-state index is 0.565. The number of rotatable bonds is 3. The van der Waals surface area contributed by atoms with Crippen molar-refractivity contribution in [3.63, 3.8) is 0 Å². The van der Waals surface area contributed by atoms with Crippen LogP contribution in [0.15, 0.2) is 18.2 Å². The highest BCUT2D eigenvalue weighted by Gasteiger charge is 2.13. The number of anilines is 1. The first kappa shape index (κ1) is 11.7. The fraction of sp³-hybridized carbons (Fsp3) is 0.250. The van der Waals surface area contributed by atoms with E-state index < -0.39 is 0 Å². The SMILES string of the molecule is COc1ccc(-c2sc(N)nc2C)c(OC)c1. The molecule has 4 nitrogen and oxygen atoms in total. The van der Waals surface area contributed by atoms with Gasteiger partial charge in [0.25, 0.3) is 0 Å². The maximum Gasteiger partial charge on any atom is 0.180 e. The van der Waals surface area contributed by atoms with Crippen LogP contribution >= 0.6 is 11.3 Å². The summed E-state index contributed by atoms with van der Waals surface area (Å²) in [6.07, 6.45) is 0. The van der Waals surface area contributed by atoms with Gasteiger partial charge in [0, 0.05) is 11.6 Å². The van der Waals surface area contributed by atoms with Crippen molar-refractivity contribution < 1.29 is 9.47 Å². The van der Waals surface area contributed by atoms with Gasteiger partial charge in [0.15, 0.2) is 5.13 Å². The molecule has 1 aromatic heterocycles. The molecule has 1 heterocycles. The summed E-state index contributed by atoms with van der Waals surface area (Å²) in [6, 6.07) is 5.70. The third-order valence-corrected chi connectivity index (χ3v) is 3.49. The number of ether oxygens (including phenoxy) is 2. The highest BCUT2D eigenvalue weighted by Crippen LogP contribution is 2.38. The summed E-state index contributed by atoms with van der Waals surface area (Å²) in [5.41, 5.74) is 7.61. The Balaban J connectivity index is 2.55. The number of aryl methyl sites for hydroxylation is 1. The number of hydrogen-bond acceptors (Lipinski definition) is 5. The predicted molar refractivity (Wildman–Crippen MR) is 69.8 cm³/mol. The van der Waals surface area contributed by atoms with Crippen molar-refractivity contribution >= 4 is 16.5 Å². The molecule has 0 aliphatic carbocycles. The van der Waals surface area contributed by atoms with Gasteiger partial charge >= 0.3 is 0 Å². The number of thiazole rings is 1.